The molecule has 0 bridgehead atoms. The lowest BCUT2D eigenvalue weighted by molar-refractivity contribution is -0.119. The molecule has 0 heterocycles. The third-order valence-corrected chi connectivity index (χ3v) is 3.67. The van der Waals surface area contributed by atoms with Crippen LogP contribution >= 0.6 is 23.2 Å². The van der Waals surface area contributed by atoms with Gasteiger partial charge < -0.3 is 5.32 Å². The summed E-state index contributed by atoms with van der Waals surface area (Å²) in [5.74, 6) is -0.274. The highest BCUT2D eigenvalue weighted by atomic mass is 35.5. The Kier molecular flexibility index (Phi) is 5.58. The van der Waals surface area contributed by atoms with Crippen molar-refractivity contribution in [2.75, 3.05) is 0 Å². The van der Waals surface area contributed by atoms with Gasteiger partial charge in [0.15, 0.2) is 5.78 Å². The first-order valence-corrected chi connectivity index (χ1v) is 7.52. The third kappa shape index (κ3) is 4.58. The van der Waals surface area contributed by atoms with Gasteiger partial charge >= 0.3 is 0 Å². The molecule has 0 aliphatic heterocycles. The van der Waals surface area contributed by atoms with E-state index in [1.807, 2.05) is 6.07 Å². The predicted octanol–water partition coefficient (Wildman–Crippen LogP) is 4.44. The van der Waals surface area contributed by atoms with Gasteiger partial charge in [-0.2, -0.15) is 0 Å². The molecule has 2 aromatic rings. The van der Waals surface area contributed by atoms with Crippen molar-refractivity contribution >= 4 is 34.9 Å². The van der Waals surface area contributed by atoms with E-state index in [-0.39, 0.29) is 18.1 Å². The summed E-state index contributed by atoms with van der Waals surface area (Å²) >= 11 is 11.8. The van der Waals surface area contributed by atoms with E-state index in [0.29, 0.717) is 15.6 Å². The van der Waals surface area contributed by atoms with Crippen LogP contribution < -0.4 is 5.32 Å². The second kappa shape index (κ2) is 7.43. The number of amides is 1. The van der Waals surface area contributed by atoms with Crippen molar-refractivity contribution in [3.63, 3.8) is 0 Å². The average molecular weight is 336 g/mol. The Balaban J connectivity index is 2.21. The molecule has 1 amide bonds. The molecule has 2 rings (SSSR count). The van der Waals surface area contributed by atoms with Crippen LogP contribution in [0.15, 0.2) is 48.5 Å². The van der Waals surface area contributed by atoms with Crippen LogP contribution in [0.3, 0.4) is 0 Å². The van der Waals surface area contributed by atoms with E-state index in [4.69, 9.17) is 23.2 Å². The molecule has 114 valence electrons. The maximum atomic E-state index is 12.4. The van der Waals surface area contributed by atoms with Crippen molar-refractivity contribution in [2.45, 2.75) is 19.4 Å². The molecule has 22 heavy (non-hydrogen) atoms. The molecule has 0 aliphatic carbocycles. The summed E-state index contributed by atoms with van der Waals surface area (Å²) in [6.45, 7) is 1.42. The zero-order valence-electron chi connectivity index (χ0n) is 12.0. The van der Waals surface area contributed by atoms with E-state index in [1.165, 1.54) is 6.92 Å². The molecule has 0 saturated carbocycles. The summed E-state index contributed by atoms with van der Waals surface area (Å²) in [5, 5.41) is 3.93. The lowest BCUT2D eigenvalue weighted by atomic mass is 9.98. The van der Waals surface area contributed by atoms with Crippen molar-refractivity contribution in [3.05, 3.63) is 69.7 Å². The van der Waals surface area contributed by atoms with Crippen LogP contribution in [0.2, 0.25) is 10.0 Å². The quantitative estimate of drug-likeness (QED) is 0.821. The standard InChI is InChI=1S/C17H15Cl2NO2/c1-11(21)20-16(13-3-2-4-15(19)9-13)10-17(22)12-5-7-14(18)8-6-12/h2-9,16H,10H2,1H3,(H,20,21). The lowest BCUT2D eigenvalue weighted by Gasteiger charge is -2.18. The van der Waals surface area contributed by atoms with Gasteiger partial charge in [0.25, 0.3) is 0 Å². The van der Waals surface area contributed by atoms with E-state index >= 15 is 0 Å². The number of Topliss-reactive ketones (excluding diaryl/α,β-unsaturated/α-hetero) is 1. The smallest absolute Gasteiger partial charge is 0.217 e. The van der Waals surface area contributed by atoms with Crippen LogP contribution in [-0.4, -0.2) is 11.7 Å². The highest BCUT2D eigenvalue weighted by Gasteiger charge is 2.18. The molecule has 5 heteroatoms. The number of carbonyl (C=O) groups is 2. The zero-order chi connectivity index (χ0) is 16.1. The summed E-state index contributed by atoms with van der Waals surface area (Å²) < 4.78 is 0. The molecule has 2 aromatic carbocycles. The Morgan fingerprint density at radius 2 is 1.73 bits per heavy atom. The van der Waals surface area contributed by atoms with E-state index in [2.05, 4.69) is 5.32 Å². The number of hydrogen-bond donors (Lipinski definition) is 1. The van der Waals surface area contributed by atoms with Crippen LogP contribution in [0.5, 0.6) is 0 Å². The van der Waals surface area contributed by atoms with E-state index in [9.17, 15) is 9.59 Å². The number of carbonyl (C=O) groups excluding carboxylic acids is 2. The summed E-state index contributed by atoms with van der Waals surface area (Å²) in [5.41, 5.74) is 1.35. The number of halogens is 2. The van der Waals surface area contributed by atoms with E-state index in [0.717, 1.165) is 5.56 Å². The maximum Gasteiger partial charge on any atom is 0.217 e. The van der Waals surface area contributed by atoms with Gasteiger partial charge in [-0.1, -0.05) is 35.3 Å². The molecule has 1 unspecified atom stereocenters. The predicted molar refractivity (Wildman–Crippen MR) is 88.4 cm³/mol. The fraction of sp³-hybridized carbons (Fsp3) is 0.176. The molecule has 0 spiro atoms. The molecular weight excluding hydrogens is 321 g/mol. The SMILES string of the molecule is CC(=O)NC(CC(=O)c1ccc(Cl)cc1)c1cccc(Cl)c1. The Morgan fingerprint density at radius 1 is 1.05 bits per heavy atom. The topological polar surface area (TPSA) is 46.2 Å². The Hall–Kier alpha value is -1.84. The number of hydrogen-bond acceptors (Lipinski definition) is 2. The summed E-state index contributed by atoms with van der Waals surface area (Å²) in [7, 11) is 0. The van der Waals surface area contributed by atoms with Gasteiger partial charge in [-0.3, -0.25) is 9.59 Å². The molecule has 0 aliphatic rings. The van der Waals surface area contributed by atoms with E-state index in [1.54, 1.807) is 42.5 Å². The second-order valence-electron chi connectivity index (χ2n) is 4.94. The molecule has 0 saturated heterocycles. The Morgan fingerprint density at radius 3 is 2.32 bits per heavy atom. The monoisotopic (exact) mass is 335 g/mol. The van der Waals surface area contributed by atoms with Gasteiger partial charge in [0, 0.05) is 29.0 Å². The molecule has 1 atom stereocenters. The Labute approximate surface area is 139 Å². The molecule has 0 fully saturated rings. The average Bonchev–Trinajstić information content (AvgIpc) is 2.46. The minimum Gasteiger partial charge on any atom is -0.349 e. The minimum atomic E-state index is -0.417. The van der Waals surface area contributed by atoms with Crippen LogP contribution in [0.25, 0.3) is 0 Å². The van der Waals surface area contributed by atoms with Gasteiger partial charge in [0.1, 0.15) is 0 Å². The van der Waals surface area contributed by atoms with Crippen molar-refractivity contribution in [3.8, 4) is 0 Å². The van der Waals surface area contributed by atoms with Crippen LogP contribution in [0, 0.1) is 0 Å². The van der Waals surface area contributed by atoms with Crippen molar-refractivity contribution < 1.29 is 9.59 Å². The molecule has 0 aromatic heterocycles. The minimum absolute atomic E-state index is 0.0737. The largest absolute Gasteiger partial charge is 0.349 e. The van der Waals surface area contributed by atoms with Gasteiger partial charge in [0.05, 0.1) is 6.04 Å². The zero-order valence-corrected chi connectivity index (χ0v) is 13.5. The highest BCUT2D eigenvalue weighted by molar-refractivity contribution is 6.31. The third-order valence-electron chi connectivity index (χ3n) is 3.18. The highest BCUT2D eigenvalue weighted by Crippen LogP contribution is 2.23. The van der Waals surface area contributed by atoms with Gasteiger partial charge in [-0.15, -0.1) is 0 Å². The first-order valence-electron chi connectivity index (χ1n) is 6.77. The van der Waals surface area contributed by atoms with Crippen LogP contribution in [0.1, 0.15) is 35.3 Å². The van der Waals surface area contributed by atoms with Gasteiger partial charge in [0.2, 0.25) is 5.91 Å². The first-order chi connectivity index (χ1) is 10.5. The van der Waals surface area contributed by atoms with Crippen molar-refractivity contribution in [2.24, 2.45) is 0 Å². The number of ketones is 1. The number of nitrogens with one attached hydrogen (secondary N) is 1. The summed E-state index contributed by atoms with van der Waals surface area (Å²) in [6.07, 6.45) is 0.154. The number of benzene rings is 2. The fourth-order valence-corrected chi connectivity index (χ4v) is 2.48. The number of rotatable bonds is 5. The lowest BCUT2D eigenvalue weighted by Crippen LogP contribution is -2.28. The molecular formula is C17H15Cl2NO2. The van der Waals surface area contributed by atoms with Gasteiger partial charge in [-0.05, 0) is 42.0 Å². The molecule has 1 N–H and O–H groups in total. The normalized spacial score (nSPS) is 11.8. The van der Waals surface area contributed by atoms with Gasteiger partial charge in [-0.25, -0.2) is 0 Å². The van der Waals surface area contributed by atoms with Crippen LogP contribution in [0.4, 0.5) is 0 Å². The van der Waals surface area contributed by atoms with Crippen molar-refractivity contribution in [1.29, 1.82) is 0 Å². The summed E-state index contributed by atoms with van der Waals surface area (Å²) in [6, 6.07) is 13.4. The van der Waals surface area contributed by atoms with Crippen LogP contribution in [-0.2, 0) is 4.79 Å². The molecule has 0 radical (unpaired) electrons. The molecule has 3 nitrogen and oxygen atoms in total. The fourth-order valence-electron chi connectivity index (χ4n) is 2.16. The van der Waals surface area contributed by atoms with E-state index < -0.39 is 6.04 Å². The Bertz CT molecular complexity index is 683. The maximum absolute atomic E-state index is 12.4. The second-order valence-corrected chi connectivity index (χ2v) is 5.82. The summed E-state index contributed by atoms with van der Waals surface area (Å²) in [4.78, 5) is 23.8. The van der Waals surface area contributed by atoms with Crippen molar-refractivity contribution in [1.82, 2.24) is 5.32 Å². The first kappa shape index (κ1) is 16.5.